The summed E-state index contributed by atoms with van der Waals surface area (Å²) in [5.74, 6) is 0. The minimum atomic E-state index is 0.396. The molecule has 3 heteroatoms. The summed E-state index contributed by atoms with van der Waals surface area (Å²) in [4.78, 5) is 0. The van der Waals surface area contributed by atoms with Crippen LogP contribution in [0.4, 0.5) is 0 Å². The topological polar surface area (TPSA) is 21.3 Å². The van der Waals surface area contributed by atoms with Crippen LogP contribution in [0.1, 0.15) is 57.6 Å². The predicted octanol–water partition coefficient (Wildman–Crippen LogP) is 4.84. The second-order valence-corrected chi connectivity index (χ2v) is 7.53. The molecule has 1 N–H and O–H groups in total. The smallest absolute Gasteiger partial charge is 0.0661 e. The molecule has 0 amide bonds. The van der Waals surface area contributed by atoms with Crippen LogP contribution < -0.4 is 5.32 Å². The van der Waals surface area contributed by atoms with E-state index in [9.17, 15) is 0 Å². The van der Waals surface area contributed by atoms with E-state index >= 15 is 0 Å². The Hall–Kier alpha value is -0.380. The lowest BCUT2D eigenvalue weighted by Gasteiger charge is -2.55. The first-order valence-corrected chi connectivity index (χ1v) is 9.08. The van der Waals surface area contributed by atoms with Crippen LogP contribution in [0, 0.1) is 5.41 Å². The van der Waals surface area contributed by atoms with Gasteiger partial charge in [0, 0.05) is 28.6 Å². The SMILES string of the molecule is CCOC1CC(NC(C)c2cccc(Br)c2)C12CCCC2. The van der Waals surface area contributed by atoms with Crippen LogP contribution in [0.2, 0.25) is 0 Å². The molecule has 1 aromatic rings. The van der Waals surface area contributed by atoms with E-state index in [4.69, 9.17) is 4.74 Å². The molecule has 2 nitrogen and oxygen atoms in total. The summed E-state index contributed by atoms with van der Waals surface area (Å²) in [5, 5.41) is 3.88. The number of halogens is 1. The minimum absolute atomic E-state index is 0.396. The van der Waals surface area contributed by atoms with Crippen molar-refractivity contribution in [3.05, 3.63) is 34.3 Å². The first-order chi connectivity index (χ1) is 10.2. The fourth-order valence-electron chi connectivity index (χ4n) is 4.29. The molecule has 0 aromatic heterocycles. The predicted molar refractivity (Wildman–Crippen MR) is 90.4 cm³/mol. The van der Waals surface area contributed by atoms with Crippen molar-refractivity contribution >= 4 is 15.9 Å². The molecular formula is C18H26BrNO. The average molecular weight is 352 g/mol. The van der Waals surface area contributed by atoms with E-state index < -0.39 is 0 Å². The van der Waals surface area contributed by atoms with Gasteiger partial charge in [-0.05, 0) is 50.8 Å². The molecule has 3 atom stereocenters. The highest BCUT2D eigenvalue weighted by atomic mass is 79.9. The van der Waals surface area contributed by atoms with E-state index in [1.165, 1.54) is 37.7 Å². The summed E-state index contributed by atoms with van der Waals surface area (Å²) in [5.41, 5.74) is 1.77. The number of hydrogen-bond donors (Lipinski definition) is 1. The molecule has 116 valence electrons. The Labute approximate surface area is 136 Å². The Balaban J connectivity index is 1.67. The van der Waals surface area contributed by atoms with E-state index in [1.807, 2.05) is 0 Å². The van der Waals surface area contributed by atoms with Crippen molar-refractivity contribution in [2.75, 3.05) is 6.61 Å². The monoisotopic (exact) mass is 351 g/mol. The van der Waals surface area contributed by atoms with E-state index in [-0.39, 0.29) is 0 Å². The number of benzene rings is 1. The van der Waals surface area contributed by atoms with Gasteiger partial charge < -0.3 is 10.1 Å². The lowest BCUT2D eigenvalue weighted by Crippen LogP contribution is -2.63. The largest absolute Gasteiger partial charge is 0.378 e. The van der Waals surface area contributed by atoms with Crippen molar-refractivity contribution in [1.82, 2.24) is 5.32 Å². The van der Waals surface area contributed by atoms with Crippen LogP contribution in [-0.4, -0.2) is 18.8 Å². The van der Waals surface area contributed by atoms with Gasteiger partial charge in [0.15, 0.2) is 0 Å². The van der Waals surface area contributed by atoms with E-state index in [1.54, 1.807) is 0 Å². The summed E-state index contributed by atoms with van der Waals surface area (Å²) in [6.07, 6.45) is 7.06. The third kappa shape index (κ3) is 2.93. The van der Waals surface area contributed by atoms with E-state index in [2.05, 4.69) is 59.4 Å². The number of rotatable bonds is 5. The van der Waals surface area contributed by atoms with Gasteiger partial charge in [-0.25, -0.2) is 0 Å². The Bertz CT molecular complexity index is 484. The van der Waals surface area contributed by atoms with Gasteiger partial charge in [-0.1, -0.05) is 40.9 Å². The normalized spacial score (nSPS) is 28.5. The Morgan fingerprint density at radius 2 is 2.14 bits per heavy atom. The molecule has 2 fully saturated rings. The number of hydrogen-bond acceptors (Lipinski definition) is 2. The molecule has 2 aliphatic rings. The van der Waals surface area contributed by atoms with Gasteiger partial charge in [-0.15, -0.1) is 0 Å². The van der Waals surface area contributed by atoms with Gasteiger partial charge in [0.1, 0.15) is 0 Å². The van der Waals surface area contributed by atoms with E-state index in [0.29, 0.717) is 23.6 Å². The number of nitrogens with one attached hydrogen (secondary N) is 1. The molecule has 1 aromatic carbocycles. The highest BCUT2D eigenvalue weighted by molar-refractivity contribution is 9.10. The van der Waals surface area contributed by atoms with E-state index in [0.717, 1.165) is 11.1 Å². The molecule has 21 heavy (non-hydrogen) atoms. The Kier molecular flexibility index (Phi) is 4.72. The zero-order chi connectivity index (χ0) is 14.9. The number of ether oxygens (including phenoxy) is 1. The quantitative estimate of drug-likeness (QED) is 0.819. The molecule has 0 aliphatic heterocycles. The summed E-state index contributed by atoms with van der Waals surface area (Å²) < 4.78 is 7.16. The van der Waals surface area contributed by atoms with Gasteiger partial charge in [0.2, 0.25) is 0 Å². The van der Waals surface area contributed by atoms with Crippen molar-refractivity contribution in [2.45, 2.75) is 64.1 Å². The maximum atomic E-state index is 6.00. The van der Waals surface area contributed by atoms with Gasteiger partial charge in [-0.2, -0.15) is 0 Å². The van der Waals surface area contributed by atoms with Crippen LogP contribution in [0.3, 0.4) is 0 Å². The average Bonchev–Trinajstić information content (AvgIpc) is 2.98. The second-order valence-electron chi connectivity index (χ2n) is 6.62. The van der Waals surface area contributed by atoms with Crippen LogP contribution in [-0.2, 0) is 4.74 Å². The van der Waals surface area contributed by atoms with Crippen LogP contribution in [0.25, 0.3) is 0 Å². The third-order valence-corrected chi connectivity index (χ3v) is 5.98. The summed E-state index contributed by atoms with van der Waals surface area (Å²) in [6.45, 7) is 5.24. The molecule has 1 spiro atoms. The summed E-state index contributed by atoms with van der Waals surface area (Å²) in [6, 6.07) is 9.65. The first-order valence-electron chi connectivity index (χ1n) is 8.29. The maximum absolute atomic E-state index is 6.00. The molecule has 3 rings (SSSR count). The zero-order valence-corrected chi connectivity index (χ0v) is 14.7. The van der Waals surface area contributed by atoms with Crippen LogP contribution in [0.15, 0.2) is 28.7 Å². The summed E-state index contributed by atoms with van der Waals surface area (Å²) >= 11 is 3.57. The standard InChI is InChI=1S/C18H26BrNO/c1-3-21-17-12-16(18(17)9-4-5-10-18)20-13(2)14-7-6-8-15(19)11-14/h6-8,11,13,16-17,20H,3-5,9-10,12H2,1-2H3. The van der Waals surface area contributed by atoms with Crippen molar-refractivity contribution in [2.24, 2.45) is 5.41 Å². The molecule has 0 saturated heterocycles. The minimum Gasteiger partial charge on any atom is -0.378 e. The van der Waals surface area contributed by atoms with Crippen molar-refractivity contribution in [1.29, 1.82) is 0 Å². The Morgan fingerprint density at radius 1 is 1.38 bits per heavy atom. The molecule has 2 saturated carbocycles. The van der Waals surface area contributed by atoms with Crippen molar-refractivity contribution in [3.63, 3.8) is 0 Å². The highest BCUT2D eigenvalue weighted by Crippen LogP contribution is 2.55. The lowest BCUT2D eigenvalue weighted by atomic mass is 9.60. The van der Waals surface area contributed by atoms with Gasteiger partial charge in [0.05, 0.1) is 6.10 Å². The van der Waals surface area contributed by atoms with Crippen LogP contribution in [0.5, 0.6) is 0 Å². The first kappa shape index (κ1) is 15.5. The second kappa shape index (κ2) is 6.39. The van der Waals surface area contributed by atoms with Gasteiger partial charge in [0.25, 0.3) is 0 Å². The van der Waals surface area contributed by atoms with Gasteiger partial charge >= 0.3 is 0 Å². The molecule has 3 unspecified atom stereocenters. The Morgan fingerprint density at radius 3 is 2.81 bits per heavy atom. The van der Waals surface area contributed by atoms with Gasteiger partial charge in [-0.3, -0.25) is 0 Å². The molecule has 0 heterocycles. The maximum Gasteiger partial charge on any atom is 0.0661 e. The molecule has 2 aliphatic carbocycles. The zero-order valence-electron chi connectivity index (χ0n) is 13.1. The molecule has 0 bridgehead atoms. The van der Waals surface area contributed by atoms with Crippen molar-refractivity contribution in [3.8, 4) is 0 Å². The lowest BCUT2D eigenvalue weighted by molar-refractivity contribution is -0.132. The highest BCUT2D eigenvalue weighted by Gasteiger charge is 2.56. The summed E-state index contributed by atoms with van der Waals surface area (Å²) in [7, 11) is 0. The van der Waals surface area contributed by atoms with Crippen LogP contribution >= 0.6 is 15.9 Å². The molecular weight excluding hydrogens is 326 g/mol. The molecule has 0 radical (unpaired) electrons. The van der Waals surface area contributed by atoms with Crippen molar-refractivity contribution < 1.29 is 4.74 Å². The third-order valence-electron chi connectivity index (χ3n) is 5.49. The fourth-order valence-corrected chi connectivity index (χ4v) is 4.71. The fraction of sp³-hybridized carbons (Fsp3) is 0.667.